The molecule has 0 radical (unpaired) electrons. The van der Waals surface area contributed by atoms with Crippen LogP contribution in [-0.4, -0.2) is 35.2 Å². The Morgan fingerprint density at radius 1 is 1.18 bits per heavy atom. The largest absolute Gasteiger partial charge is 0.381 e. The Hall–Kier alpha value is -0.220. The quantitative estimate of drug-likeness (QED) is 0.781. The van der Waals surface area contributed by atoms with Gasteiger partial charge in [-0.25, -0.2) is 0 Å². The van der Waals surface area contributed by atoms with E-state index in [1.54, 1.807) is 0 Å². The molecule has 0 aromatic carbocycles. The number of nitrogens with one attached hydrogen (secondary N) is 1. The minimum Gasteiger partial charge on any atom is -0.381 e. The third-order valence-electron chi connectivity index (χ3n) is 4.36. The van der Waals surface area contributed by atoms with E-state index >= 15 is 0 Å². The predicted octanol–water partition coefficient (Wildman–Crippen LogP) is 2.56. The summed E-state index contributed by atoms with van der Waals surface area (Å²) in [7, 11) is 0. The van der Waals surface area contributed by atoms with Gasteiger partial charge in [-0.15, -0.1) is 0 Å². The Kier molecular flexibility index (Phi) is 3.11. The summed E-state index contributed by atoms with van der Waals surface area (Å²) in [4.78, 5) is 4.99. The van der Waals surface area contributed by atoms with Crippen LogP contribution in [-0.2, 0) is 4.74 Å². The number of rotatable bonds is 1. The molecule has 0 atom stereocenters. The second-order valence-electron chi connectivity index (χ2n) is 5.94. The minimum absolute atomic E-state index is 0.203. The fraction of sp³-hybridized carbons (Fsp3) is 0.923. The average molecular weight is 254 g/mol. The van der Waals surface area contributed by atoms with Gasteiger partial charge in [-0.2, -0.15) is 0 Å². The van der Waals surface area contributed by atoms with Crippen molar-refractivity contribution in [3.05, 3.63) is 0 Å². The molecule has 3 nitrogen and oxygen atoms in total. The highest BCUT2D eigenvalue weighted by atomic mass is 32.2. The molecular formula is C13H22N2OS. The topological polar surface area (TPSA) is 33.6 Å². The van der Waals surface area contributed by atoms with Crippen LogP contribution in [0.25, 0.3) is 0 Å². The fourth-order valence-electron chi connectivity index (χ4n) is 3.04. The van der Waals surface area contributed by atoms with E-state index in [0.29, 0.717) is 5.54 Å². The summed E-state index contributed by atoms with van der Waals surface area (Å²) in [5, 5.41) is 4.87. The molecule has 0 bridgehead atoms. The van der Waals surface area contributed by atoms with E-state index in [1.165, 1.54) is 36.6 Å². The summed E-state index contributed by atoms with van der Waals surface area (Å²) in [6.07, 6.45) is 7.51. The predicted molar refractivity (Wildman–Crippen MR) is 72.7 cm³/mol. The molecule has 2 heterocycles. The van der Waals surface area contributed by atoms with Gasteiger partial charge >= 0.3 is 0 Å². The maximum Gasteiger partial charge on any atom is 0.157 e. The van der Waals surface area contributed by atoms with E-state index in [1.807, 2.05) is 11.8 Å². The van der Waals surface area contributed by atoms with Gasteiger partial charge < -0.3 is 10.1 Å². The molecule has 1 saturated carbocycles. The summed E-state index contributed by atoms with van der Waals surface area (Å²) in [6.45, 7) is 4.07. The van der Waals surface area contributed by atoms with Crippen LogP contribution in [0.15, 0.2) is 4.99 Å². The molecule has 0 aromatic heterocycles. The molecule has 1 spiro atoms. The van der Waals surface area contributed by atoms with E-state index in [4.69, 9.17) is 9.73 Å². The molecule has 1 N–H and O–H groups in total. The van der Waals surface area contributed by atoms with Gasteiger partial charge in [-0.05, 0) is 32.6 Å². The normalized spacial score (nSPS) is 30.5. The van der Waals surface area contributed by atoms with E-state index in [0.717, 1.165) is 26.1 Å². The average Bonchev–Trinajstić information content (AvgIpc) is 2.91. The van der Waals surface area contributed by atoms with E-state index in [9.17, 15) is 0 Å². The van der Waals surface area contributed by atoms with Gasteiger partial charge in [0.1, 0.15) is 0 Å². The Balaban J connectivity index is 1.65. The fourth-order valence-corrected chi connectivity index (χ4v) is 4.38. The number of ether oxygens (including phenoxy) is 1. The van der Waals surface area contributed by atoms with Gasteiger partial charge in [0.15, 0.2) is 5.17 Å². The lowest BCUT2D eigenvalue weighted by molar-refractivity contribution is 0.0527. The van der Waals surface area contributed by atoms with Crippen LogP contribution < -0.4 is 5.32 Å². The first kappa shape index (κ1) is 11.8. The van der Waals surface area contributed by atoms with Gasteiger partial charge in [0, 0.05) is 24.5 Å². The first-order chi connectivity index (χ1) is 8.20. The van der Waals surface area contributed by atoms with Crippen molar-refractivity contribution in [2.24, 2.45) is 4.99 Å². The molecule has 1 aliphatic carbocycles. The molecular weight excluding hydrogens is 232 g/mol. The van der Waals surface area contributed by atoms with Gasteiger partial charge in [0.2, 0.25) is 0 Å². The Labute approximate surface area is 108 Å². The molecule has 96 valence electrons. The van der Waals surface area contributed by atoms with Crippen LogP contribution in [0.4, 0.5) is 0 Å². The molecule has 3 rings (SSSR count). The lowest BCUT2D eigenvalue weighted by Gasteiger charge is -2.35. The van der Waals surface area contributed by atoms with Gasteiger partial charge in [-0.1, -0.05) is 24.6 Å². The number of amidine groups is 1. The zero-order valence-corrected chi connectivity index (χ0v) is 11.4. The van der Waals surface area contributed by atoms with Crippen molar-refractivity contribution >= 4 is 16.9 Å². The summed E-state index contributed by atoms with van der Waals surface area (Å²) in [6, 6.07) is 0. The van der Waals surface area contributed by atoms with Crippen LogP contribution in [0, 0.1) is 0 Å². The number of hydrogen-bond donors (Lipinski definition) is 1. The first-order valence-electron chi connectivity index (χ1n) is 6.79. The maximum atomic E-state index is 5.44. The van der Waals surface area contributed by atoms with Crippen molar-refractivity contribution in [1.29, 1.82) is 0 Å². The van der Waals surface area contributed by atoms with E-state index in [-0.39, 0.29) is 5.54 Å². The van der Waals surface area contributed by atoms with Crippen molar-refractivity contribution in [3.8, 4) is 0 Å². The Morgan fingerprint density at radius 3 is 2.59 bits per heavy atom. The zero-order valence-electron chi connectivity index (χ0n) is 10.6. The molecule has 0 amide bonds. The van der Waals surface area contributed by atoms with Crippen LogP contribution >= 0.6 is 11.8 Å². The minimum atomic E-state index is 0.203. The maximum absolute atomic E-state index is 5.44. The van der Waals surface area contributed by atoms with Crippen LogP contribution in [0.3, 0.4) is 0 Å². The van der Waals surface area contributed by atoms with Gasteiger partial charge in [0.05, 0.1) is 5.54 Å². The zero-order chi connectivity index (χ0) is 11.8. The second-order valence-corrected chi connectivity index (χ2v) is 6.90. The van der Waals surface area contributed by atoms with Crippen molar-refractivity contribution in [3.63, 3.8) is 0 Å². The Morgan fingerprint density at radius 2 is 1.88 bits per heavy atom. The van der Waals surface area contributed by atoms with Crippen molar-refractivity contribution in [2.45, 2.75) is 56.5 Å². The number of hydrogen-bond acceptors (Lipinski definition) is 4. The molecule has 0 unspecified atom stereocenters. The highest BCUT2D eigenvalue weighted by molar-refractivity contribution is 8.14. The molecule has 3 aliphatic rings. The van der Waals surface area contributed by atoms with Gasteiger partial charge in [0.25, 0.3) is 0 Å². The lowest BCUT2D eigenvalue weighted by atomic mass is 9.93. The van der Waals surface area contributed by atoms with E-state index in [2.05, 4.69) is 12.2 Å². The summed E-state index contributed by atoms with van der Waals surface area (Å²) < 4.78 is 5.44. The molecule has 2 fully saturated rings. The molecule has 0 aromatic rings. The third-order valence-corrected chi connectivity index (χ3v) is 5.50. The Bertz CT molecular complexity index is 317. The highest BCUT2D eigenvalue weighted by Gasteiger charge is 2.40. The molecule has 2 aliphatic heterocycles. The summed E-state index contributed by atoms with van der Waals surface area (Å²) in [5.41, 5.74) is 0.503. The first-order valence-corrected chi connectivity index (χ1v) is 7.77. The lowest BCUT2D eigenvalue weighted by Crippen LogP contribution is -2.48. The van der Waals surface area contributed by atoms with Gasteiger partial charge in [-0.3, -0.25) is 4.99 Å². The second kappa shape index (κ2) is 4.47. The SMILES string of the molecule is CC1(NC2=NC3(CCCC3)CS2)CCOCC1. The molecule has 17 heavy (non-hydrogen) atoms. The van der Waals surface area contributed by atoms with Crippen molar-refractivity contribution in [1.82, 2.24) is 5.32 Å². The standard InChI is InChI=1S/C13H22N2OS/c1-12(6-8-16-9-7-12)14-11-15-13(10-17-11)4-2-3-5-13/h2-10H2,1H3,(H,14,15). The summed E-state index contributed by atoms with van der Waals surface area (Å²) >= 11 is 1.93. The number of nitrogens with zero attached hydrogens (tertiary/aromatic N) is 1. The molecule has 1 saturated heterocycles. The van der Waals surface area contributed by atoms with Crippen LogP contribution in [0.2, 0.25) is 0 Å². The summed E-state index contributed by atoms with van der Waals surface area (Å²) in [5.74, 6) is 1.20. The van der Waals surface area contributed by atoms with Crippen LogP contribution in [0.1, 0.15) is 45.4 Å². The van der Waals surface area contributed by atoms with E-state index < -0.39 is 0 Å². The monoisotopic (exact) mass is 254 g/mol. The molecule has 4 heteroatoms. The van der Waals surface area contributed by atoms with Crippen LogP contribution in [0.5, 0.6) is 0 Å². The number of thioether (sulfide) groups is 1. The van der Waals surface area contributed by atoms with Crippen molar-refractivity contribution in [2.75, 3.05) is 19.0 Å². The highest BCUT2D eigenvalue weighted by Crippen LogP contribution is 2.41. The number of aliphatic imine (C=N–C) groups is 1. The smallest absolute Gasteiger partial charge is 0.157 e. The third kappa shape index (κ3) is 2.48. The van der Waals surface area contributed by atoms with Crippen molar-refractivity contribution < 1.29 is 4.74 Å².